The van der Waals surface area contributed by atoms with Crippen molar-refractivity contribution in [3.05, 3.63) is 10.9 Å². The van der Waals surface area contributed by atoms with Gasteiger partial charge in [0.1, 0.15) is 4.83 Å². The average Bonchev–Trinajstić information content (AvgIpc) is 2.68. The highest BCUT2D eigenvalue weighted by atomic mass is 32.1. The van der Waals surface area contributed by atoms with Crippen molar-refractivity contribution in [2.45, 2.75) is 47.0 Å². The van der Waals surface area contributed by atoms with E-state index in [9.17, 15) is 0 Å². The van der Waals surface area contributed by atoms with E-state index in [0.717, 1.165) is 10.7 Å². The van der Waals surface area contributed by atoms with Crippen molar-refractivity contribution in [2.75, 3.05) is 5.73 Å². The van der Waals surface area contributed by atoms with Gasteiger partial charge in [0, 0.05) is 4.88 Å². The largest absolute Gasteiger partial charge is 0.375 e. The molecule has 18 heavy (non-hydrogen) atoms. The first-order chi connectivity index (χ1) is 8.33. The molecule has 0 amide bonds. The molecule has 2 rings (SSSR count). The second kappa shape index (κ2) is 5.17. The van der Waals surface area contributed by atoms with Crippen molar-refractivity contribution in [1.82, 2.24) is 4.98 Å². The van der Waals surface area contributed by atoms with Crippen LogP contribution in [0, 0.1) is 11.3 Å². The van der Waals surface area contributed by atoms with Crippen LogP contribution in [0.25, 0.3) is 9.53 Å². The lowest BCUT2D eigenvalue weighted by Crippen LogP contribution is -2.11. The number of anilines is 1. The minimum absolute atomic E-state index is 0.436. The Morgan fingerprint density at radius 1 is 1.33 bits per heavy atom. The molecule has 2 nitrogen and oxygen atoms in total. The molecule has 0 fully saturated rings. The van der Waals surface area contributed by atoms with E-state index >= 15 is 0 Å². The summed E-state index contributed by atoms with van der Waals surface area (Å²) in [6.07, 6.45) is 3.73. The molecule has 100 valence electrons. The monoisotopic (exact) mass is 282 g/mol. The fraction of sp³-hybridized carbons (Fsp3) is 0.643. The molecule has 0 bridgehead atoms. The first kappa shape index (κ1) is 13.8. The summed E-state index contributed by atoms with van der Waals surface area (Å²) in [4.78, 5) is 6.89. The molecular weight excluding hydrogens is 260 g/mol. The predicted molar refractivity (Wildman–Crippen MR) is 83.5 cm³/mol. The Labute approximate surface area is 117 Å². The first-order valence-corrected chi connectivity index (χ1v) is 8.11. The quantitative estimate of drug-likeness (QED) is 0.862. The smallest absolute Gasteiger partial charge is 0.181 e. The molecule has 2 aromatic heterocycles. The normalized spacial score (nSPS) is 14.2. The van der Waals surface area contributed by atoms with Gasteiger partial charge in [-0.1, -0.05) is 39.0 Å². The van der Waals surface area contributed by atoms with E-state index in [4.69, 9.17) is 5.73 Å². The van der Waals surface area contributed by atoms with Crippen molar-refractivity contribution >= 4 is 37.3 Å². The van der Waals surface area contributed by atoms with Crippen LogP contribution in [0.15, 0.2) is 6.07 Å². The van der Waals surface area contributed by atoms with Gasteiger partial charge < -0.3 is 5.73 Å². The lowest BCUT2D eigenvalue weighted by atomic mass is 9.83. The van der Waals surface area contributed by atoms with Crippen LogP contribution in [-0.2, 0) is 6.42 Å². The fourth-order valence-electron chi connectivity index (χ4n) is 2.46. The number of nitrogens with zero attached hydrogens (tertiary/aromatic N) is 1. The van der Waals surface area contributed by atoms with Crippen molar-refractivity contribution in [2.24, 2.45) is 11.3 Å². The molecule has 0 spiro atoms. The molecule has 2 aromatic rings. The van der Waals surface area contributed by atoms with Gasteiger partial charge in [0.2, 0.25) is 0 Å². The second-order valence-corrected chi connectivity index (χ2v) is 8.52. The number of aryl methyl sites for hydroxylation is 1. The third-order valence-corrected chi connectivity index (χ3v) is 5.05. The average molecular weight is 282 g/mol. The number of fused-ring (bicyclic) bond motifs is 1. The lowest BCUT2D eigenvalue weighted by Gasteiger charge is -2.22. The maximum atomic E-state index is 5.69. The molecule has 0 aliphatic heterocycles. The van der Waals surface area contributed by atoms with E-state index in [-0.39, 0.29) is 0 Å². The van der Waals surface area contributed by atoms with E-state index in [1.165, 1.54) is 28.8 Å². The van der Waals surface area contributed by atoms with Gasteiger partial charge in [-0.3, -0.25) is 0 Å². The van der Waals surface area contributed by atoms with Crippen LogP contribution in [0.3, 0.4) is 0 Å². The van der Waals surface area contributed by atoms with Crippen LogP contribution in [0.4, 0.5) is 5.13 Å². The Morgan fingerprint density at radius 2 is 2.06 bits per heavy atom. The standard InChI is InChI=1S/C14H22N2S2/c1-9(8-14(2,3)4)5-6-10-7-11-12(17-10)16-13(15)18-11/h7,9H,5-6,8H2,1-4H3,(H2,15,16). The highest BCUT2D eigenvalue weighted by Crippen LogP contribution is 2.33. The SMILES string of the molecule is CC(CCc1cc2sc(N)nc2s1)CC(C)(C)C. The molecule has 0 aliphatic carbocycles. The van der Waals surface area contributed by atoms with Gasteiger partial charge in [0.25, 0.3) is 0 Å². The Hall–Kier alpha value is -0.610. The number of nitrogen functional groups attached to an aromatic ring is 1. The van der Waals surface area contributed by atoms with Crippen molar-refractivity contribution < 1.29 is 0 Å². The molecule has 4 heteroatoms. The van der Waals surface area contributed by atoms with Crippen LogP contribution in [-0.4, -0.2) is 4.98 Å². The predicted octanol–water partition coefficient (Wildman–Crippen LogP) is 4.94. The summed E-state index contributed by atoms with van der Waals surface area (Å²) in [5.74, 6) is 0.781. The van der Waals surface area contributed by atoms with Crippen molar-refractivity contribution in [1.29, 1.82) is 0 Å². The molecule has 2 N–H and O–H groups in total. The summed E-state index contributed by atoms with van der Waals surface area (Å²) in [7, 11) is 0. The van der Waals surface area contributed by atoms with Crippen LogP contribution in [0.1, 0.15) is 45.4 Å². The number of aromatic nitrogens is 1. The zero-order valence-corrected chi connectivity index (χ0v) is 13.3. The maximum absolute atomic E-state index is 5.69. The zero-order chi connectivity index (χ0) is 13.3. The van der Waals surface area contributed by atoms with Gasteiger partial charge in [0.15, 0.2) is 5.13 Å². The third-order valence-electron chi connectivity index (χ3n) is 3.00. The van der Waals surface area contributed by atoms with E-state index in [1.807, 2.05) is 0 Å². The highest BCUT2D eigenvalue weighted by molar-refractivity contribution is 7.28. The Kier molecular flexibility index (Phi) is 3.97. The van der Waals surface area contributed by atoms with Crippen LogP contribution in [0.5, 0.6) is 0 Å². The fourth-order valence-corrected chi connectivity index (χ4v) is 4.49. The van der Waals surface area contributed by atoms with E-state index in [2.05, 4.69) is 38.7 Å². The van der Waals surface area contributed by atoms with E-state index < -0.39 is 0 Å². The summed E-state index contributed by atoms with van der Waals surface area (Å²) in [6, 6.07) is 2.26. The van der Waals surface area contributed by atoms with Crippen LogP contribution in [0.2, 0.25) is 0 Å². The summed E-state index contributed by atoms with van der Waals surface area (Å²) < 4.78 is 1.25. The Balaban J connectivity index is 1.91. The highest BCUT2D eigenvalue weighted by Gasteiger charge is 2.15. The Bertz CT molecular complexity index is 488. The van der Waals surface area contributed by atoms with Crippen LogP contribution >= 0.6 is 22.7 Å². The van der Waals surface area contributed by atoms with Crippen molar-refractivity contribution in [3.63, 3.8) is 0 Å². The molecule has 2 heterocycles. The molecule has 0 aromatic carbocycles. The maximum Gasteiger partial charge on any atom is 0.181 e. The van der Waals surface area contributed by atoms with E-state index in [1.54, 1.807) is 22.7 Å². The molecule has 1 atom stereocenters. The number of thiophene rings is 1. The first-order valence-electron chi connectivity index (χ1n) is 6.48. The summed E-state index contributed by atoms with van der Waals surface area (Å²) in [6.45, 7) is 9.31. The molecule has 0 saturated heterocycles. The van der Waals surface area contributed by atoms with Crippen molar-refractivity contribution in [3.8, 4) is 0 Å². The molecule has 0 saturated carbocycles. The van der Waals surface area contributed by atoms with E-state index in [0.29, 0.717) is 10.5 Å². The van der Waals surface area contributed by atoms with Gasteiger partial charge in [0.05, 0.1) is 4.70 Å². The summed E-state index contributed by atoms with van der Waals surface area (Å²) in [5.41, 5.74) is 6.13. The zero-order valence-electron chi connectivity index (χ0n) is 11.6. The number of thiazole rings is 1. The minimum Gasteiger partial charge on any atom is -0.375 e. The Morgan fingerprint density at radius 3 is 2.67 bits per heavy atom. The number of rotatable bonds is 4. The second-order valence-electron chi connectivity index (χ2n) is 6.34. The molecular formula is C14H22N2S2. The van der Waals surface area contributed by atoms with Gasteiger partial charge in [-0.05, 0) is 36.7 Å². The lowest BCUT2D eigenvalue weighted by molar-refractivity contribution is 0.297. The van der Waals surface area contributed by atoms with Crippen LogP contribution < -0.4 is 5.73 Å². The molecule has 0 radical (unpaired) electrons. The van der Waals surface area contributed by atoms with Gasteiger partial charge >= 0.3 is 0 Å². The third kappa shape index (κ3) is 3.69. The summed E-state index contributed by atoms with van der Waals surface area (Å²) >= 11 is 3.39. The summed E-state index contributed by atoms with van der Waals surface area (Å²) in [5, 5.41) is 0.684. The number of hydrogen-bond acceptors (Lipinski definition) is 4. The van der Waals surface area contributed by atoms with Gasteiger partial charge in [-0.2, -0.15) is 0 Å². The van der Waals surface area contributed by atoms with Gasteiger partial charge in [-0.15, -0.1) is 11.3 Å². The molecule has 1 unspecified atom stereocenters. The molecule has 0 aliphatic rings. The number of nitrogens with two attached hydrogens (primary N) is 1. The minimum atomic E-state index is 0.436. The topological polar surface area (TPSA) is 38.9 Å². The van der Waals surface area contributed by atoms with Gasteiger partial charge in [-0.25, -0.2) is 4.98 Å². The number of hydrogen-bond donors (Lipinski definition) is 1.